The quantitative estimate of drug-likeness (QED) is 0.233. The van der Waals surface area contributed by atoms with Gasteiger partial charge in [0.15, 0.2) is 6.29 Å². The van der Waals surface area contributed by atoms with Crippen LogP contribution in [0.1, 0.15) is 99.3 Å². The zero-order valence-corrected chi connectivity index (χ0v) is 27.1. The summed E-state index contributed by atoms with van der Waals surface area (Å²) < 4.78 is 12.0. The number of allylic oxidation sites excluding steroid dienone is 2. The predicted molar refractivity (Wildman–Crippen MR) is 161 cm³/mol. The second kappa shape index (κ2) is 10.5. The summed E-state index contributed by atoms with van der Waals surface area (Å²) in [6.07, 6.45) is 5.14. The molecule has 0 aromatic heterocycles. The summed E-state index contributed by atoms with van der Waals surface area (Å²) >= 11 is 0. The van der Waals surface area contributed by atoms with Crippen LogP contribution in [0.15, 0.2) is 11.6 Å². The number of rotatable bonds is 4. The molecule has 1 aliphatic heterocycles. The summed E-state index contributed by atoms with van der Waals surface area (Å²) in [4.78, 5) is 13.0. The second-order valence-corrected chi connectivity index (χ2v) is 16.7. The molecule has 8 heteroatoms. The van der Waals surface area contributed by atoms with Gasteiger partial charge in [0.25, 0.3) is 0 Å². The maximum Gasteiger partial charge on any atom is 0.310 e. The van der Waals surface area contributed by atoms with Gasteiger partial charge in [-0.25, -0.2) is 0 Å². The van der Waals surface area contributed by atoms with Crippen LogP contribution >= 0.6 is 0 Å². The van der Waals surface area contributed by atoms with Crippen LogP contribution in [0.5, 0.6) is 0 Å². The van der Waals surface area contributed by atoms with E-state index >= 15 is 0 Å². The molecule has 244 valence electrons. The van der Waals surface area contributed by atoms with E-state index < -0.39 is 41.4 Å². The van der Waals surface area contributed by atoms with Crippen LogP contribution < -0.4 is 0 Å². The summed E-state index contributed by atoms with van der Waals surface area (Å²) in [5.74, 6) is 0.904. The Morgan fingerprint density at radius 2 is 1.67 bits per heavy atom. The van der Waals surface area contributed by atoms with E-state index in [1.165, 1.54) is 5.57 Å². The lowest BCUT2D eigenvalue weighted by Crippen LogP contribution is -2.67. The van der Waals surface area contributed by atoms with Gasteiger partial charge in [-0.3, -0.25) is 4.79 Å². The van der Waals surface area contributed by atoms with Gasteiger partial charge in [0.2, 0.25) is 0 Å². The highest BCUT2D eigenvalue weighted by molar-refractivity contribution is 5.76. The number of fused-ring (bicyclic) bond motifs is 7. The normalized spacial score (nSPS) is 56.6. The maximum absolute atomic E-state index is 13.0. The first-order valence-electron chi connectivity index (χ1n) is 17.0. The van der Waals surface area contributed by atoms with Gasteiger partial charge in [-0.1, -0.05) is 53.2 Å². The molecule has 1 saturated heterocycles. The van der Waals surface area contributed by atoms with Crippen LogP contribution in [0.4, 0.5) is 0 Å². The van der Waals surface area contributed by atoms with E-state index in [-0.39, 0.29) is 47.4 Å². The van der Waals surface area contributed by atoms with Crippen molar-refractivity contribution < 1.29 is 39.8 Å². The molecule has 0 bridgehead atoms. The number of carboxylic acids is 1. The van der Waals surface area contributed by atoms with Crippen LogP contribution in [0.25, 0.3) is 0 Å². The molecular formula is C35H56O8. The zero-order valence-electron chi connectivity index (χ0n) is 27.1. The molecule has 5 fully saturated rings. The van der Waals surface area contributed by atoms with Crippen molar-refractivity contribution in [3.05, 3.63) is 11.6 Å². The van der Waals surface area contributed by atoms with Gasteiger partial charge in [-0.05, 0) is 104 Å². The van der Waals surface area contributed by atoms with Crippen LogP contribution in [-0.4, -0.2) is 75.4 Å². The van der Waals surface area contributed by atoms with Crippen molar-refractivity contribution in [2.75, 3.05) is 13.2 Å². The Morgan fingerprint density at radius 3 is 2.35 bits per heavy atom. The number of aliphatic hydroxyl groups excluding tert-OH is 4. The molecule has 5 aliphatic carbocycles. The first-order valence-corrected chi connectivity index (χ1v) is 17.0. The third-order valence-electron chi connectivity index (χ3n) is 15.3. The van der Waals surface area contributed by atoms with Crippen molar-refractivity contribution in [2.45, 2.75) is 130 Å². The lowest BCUT2D eigenvalue weighted by atomic mass is 9.33. The molecule has 4 saturated carbocycles. The number of carbonyl (C=O) groups is 1. The largest absolute Gasteiger partial charge is 0.481 e. The number of carboxylic acid groups (broad SMARTS) is 1. The lowest BCUT2D eigenvalue weighted by molar-refractivity contribution is -0.312. The zero-order chi connectivity index (χ0) is 31.3. The molecular weight excluding hydrogens is 548 g/mol. The smallest absolute Gasteiger partial charge is 0.310 e. The van der Waals surface area contributed by atoms with Crippen LogP contribution in [0.2, 0.25) is 0 Å². The Morgan fingerprint density at radius 1 is 0.953 bits per heavy atom. The molecule has 15 atom stereocenters. The van der Waals surface area contributed by atoms with Crippen molar-refractivity contribution in [3.8, 4) is 0 Å². The molecule has 1 unspecified atom stereocenters. The van der Waals surface area contributed by atoms with Gasteiger partial charge in [0, 0.05) is 5.41 Å². The Hall–Kier alpha value is -1.03. The fraction of sp³-hybridized carbons (Fsp3) is 0.914. The second-order valence-electron chi connectivity index (χ2n) is 16.7. The van der Waals surface area contributed by atoms with Crippen molar-refractivity contribution >= 4 is 5.97 Å². The highest BCUT2D eigenvalue weighted by Crippen LogP contribution is 2.76. The number of aliphatic hydroxyl groups is 4. The van der Waals surface area contributed by atoms with E-state index in [0.717, 1.165) is 51.4 Å². The molecule has 6 aliphatic rings. The number of ether oxygens (including phenoxy) is 2. The van der Waals surface area contributed by atoms with Crippen molar-refractivity contribution in [3.63, 3.8) is 0 Å². The number of hydrogen-bond acceptors (Lipinski definition) is 7. The van der Waals surface area contributed by atoms with Gasteiger partial charge < -0.3 is 35.0 Å². The van der Waals surface area contributed by atoms with E-state index in [4.69, 9.17) is 9.47 Å². The van der Waals surface area contributed by atoms with E-state index in [9.17, 15) is 30.3 Å². The minimum Gasteiger partial charge on any atom is -0.481 e. The Bertz CT molecular complexity index is 1140. The van der Waals surface area contributed by atoms with Crippen LogP contribution in [0, 0.1) is 56.7 Å². The standard InChI is InChI=1S/C35H56O8/c1-19-9-14-35(30(40)41)16-15-33(5)21(26(35)20(19)2)7-8-24-31(3)12-11-25(43-29-28(39)27(38)22(37)17-42-29)32(4,18-36)23(31)10-13-34(24,33)6/h7,19-20,22-29,36-39H,8-18H2,1-6H3,(H,40,41)/t19-,20+,22-,23-,24-,25?,26+,27+,28-,29+,31+,32-,33-,34-,35+/m1/s1. The molecule has 6 rings (SSSR count). The molecule has 0 radical (unpaired) electrons. The average Bonchev–Trinajstić information content (AvgIpc) is 2.96. The molecule has 0 amide bonds. The topological polar surface area (TPSA) is 137 Å². The molecule has 43 heavy (non-hydrogen) atoms. The molecule has 0 aromatic carbocycles. The summed E-state index contributed by atoms with van der Waals surface area (Å²) in [6, 6.07) is 0. The maximum atomic E-state index is 13.0. The Kier molecular flexibility index (Phi) is 7.79. The number of hydrogen-bond donors (Lipinski definition) is 5. The molecule has 5 N–H and O–H groups in total. The summed E-state index contributed by atoms with van der Waals surface area (Å²) in [5, 5.41) is 52.4. The first kappa shape index (κ1) is 31.9. The van der Waals surface area contributed by atoms with Crippen LogP contribution in [-0.2, 0) is 14.3 Å². The van der Waals surface area contributed by atoms with E-state index in [2.05, 4.69) is 47.6 Å². The highest BCUT2D eigenvalue weighted by Gasteiger charge is 2.70. The van der Waals surface area contributed by atoms with E-state index in [0.29, 0.717) is 24.2 Å². The van der Waals surface area contributed by atoms with Gasteiger partial charge in [-0.2, -0.15) is 0 Å². The summed E-state index contributed by atoms with van der Waals surface area (Å²) in [6.45, 7) is 13.9. The van der Waals surface area contributed by atoms with Gasteiger partial charge in [-0.15, -0.1) is 0 Å². The monoisotopic (exact) mass is 604 g/mol. The number of aliphatic carboxylic acids is 1. The third kappa shape index (κ3) is 4.18. The lowest BCUT2D eigenvalue weighted by Gasteiger charge is -2.71. The van der Waals surface area contributed by atoms with E-state index in [1.54, 1.807) is 0 Å². The first-order chi connectivity index (χ1) is 20.1. The SMILES string of the molecule is C[C@H]1[C@H](C)CC[C@]2(C(=O)O)CC[C@]3(C)C(=CC[C@@H]4[C@@]5(C)CCC(O[C@@H]6OC[C@@H](O)[C@H](O)[C@H]6O)[C@](C)(CO)[C@@H]5CC[C@]43C)[C@H]12. The molecule has 8 nitrogen and oxygen atoms in total. The predicted octanol–water partition coefficient (Wildman–Crippen LogP) is 4.53. The summed E-state index contributed by atoms with van der Waals surface area (Å²) in [5.41, 5.74) is 0.0965. The van der Waals surface area contributed by atoms with Crippen LogP contribution in [0.3, 0.4) is 0 Å². The fourth-order valence-corrected chi connectivity index (χ4v) is 12.1. The average molecular weight is 605 g/mol. The molecule has 0 spiro atoms. The van der Waals surface area contributed by atoms with Gasteiger partial charge in [0.05, 0.1) is 24.7 Å². The molecule has 0 aromatic rings. The van der Waals surface area contributed by atoms with Crippen molar-refractivity contribution in [1.29, 1.82) is 0 Å². The summed E-state index contributed by atoms with van der Waals surface area (Å²) in [7, 11) is 0. The minimum atomic E-state index is -1.36. The third-order valence-corrected chi connectivity index (χ3v) is 15.3. The van der Waals surface area contributed by atoms with E-state index in [1.807, 2.05) is 0 Å². The molecule has 1 heterocycles. The van der Waals surface area contributed by atoms with Crippen molar-refractivity contribution in [2.24, 2.45) is 56.7 Å². The van der Waals surface area contributed by atoms with Gasteiger partial charge >= 0.3 is 5.97 Å². The highest BCUT2D eigenvalue weighted by atomic mass is 16.7. The Labute approximate surface area is 257 Å². The van der Waals surface area contributed by atoms with Crippen molar-refractivity contribution in [1.82, 2.24) is 0 Å². The Balaban J connectivity index is 1.33. The minimum absolute atomic E-state index is 0.0143. The fourth-order valence-electron chi connectivity index (χ4n) is 12.1. The van der Waals surface area contributed by atoms with Gasteiger partial charge in [0.1, 0.15) is 18.3 Å².